The standard InChI is InChI=1S/C11H13N5O2/c12-10(15-17)8-1-2-9-11(14-8)16(6-13-9)5-7-3-4-18-7/h1-2,6-7,17H,3-5H2,(H2,12,15). The van der Waals surface area contributed by atoms with E-state index >= 15 is 0 Å². The Bertz CT molecular complexity index is 602. The minimum atomic E-state index is -0.00968. The third-order valence-corrected chi connectivity index (χ3v) is 3.03. The zero-order valence-electron chi connectivity index (χ0n) is 9.65. The SMILES string of the molecule is NC(=NO)c1ccc2ncn(CC3CCO3)c2n1. The van der Waals surface area contributed by atoms with Gasteiger partial charge in [-0.2, -0.15) is 0 Å². The fourth-order valence-electron chi connectivity index (χ4n) is 1.92. The number of aromatic nitrogens is 3. The van der Waals surface area contributed by atoms with Gasteiger partial charge in [-0.1, -0.05) is 5.16 Å². The van der Waals surface area contributed by atoms with Crippen LogP contribution in [0.1, 0.15) is 12.1 Å². The van der Waals surface area contributed by atoms with Crippen molar-refractivity contribution in [2.75, 3.05) is 6.61 Å². The molecule has 1 unspecified atom stereocenters. The fraction of sp³-hybridized carbons (Fsp3) is 0.364. The fourth-order valence-corrected chi connectivity index (χ4v) is 1.92. The number of imidazole rings is 1. The quantitative estimate of drug-likeness (QED) is 0.352. The van der Waals surface area contributed by atoms with Crippen LogP contribution in [0, 0.1) is 0 Å². The predicted molar refractivity (Wildman–Crippen MR) is 64.4 cm³/mol. The Morgan fingerprint density at radius 3 is 3.11 bits per heavy atom. The monoisotopic (exact) mass is 247 g/mol. The summed E-state index contributed by atoms with van der Waals surface area (Å²) in [5, 5.41) is 11.6. The lowest BCUT2D eigenvalue weighted by molar-refractivity contribution is -0.0587. The van der Waals surface area contributed by atoms with Crippen molar-refractivity contribution in [1.29, 1.82) is 0 Å². The Balaban J connectivity index is 1.98. The highest BCUT2D eigenvalue weighted by Crippen LogP contribution is 2.17. The Kier molecular flexibility index (Phi) is 2.60. The highest BCUT2D eigenvalue weighted by atomic mass is 16.5. The van der Waals surface area contributed by atoms with Gasteiger partial charge in [0.1, 0.15) is 11.2 Å². The molecule has 0 radical (unpaired) electrons. The van der Waals surface area contributed by atoms with Crippen LogP contribution in [0.2, 0.25) is 0 Å². The van der Waals surface area contributed by atoms with E-state index in [2.05, 4.69) is 15.1 Å². The zero-order valence-corrected chi connectivity index (χ0v) is 9.65. The second-order valence-corrected chi connectivity index (χ2v) is 4.20. The average Bonchev–Trinajstić information content (AvgIpc) is 2.75. The molecule has 2 aromatic rings. The molecule has 1 fully saturated rings. The van der Waals surface area contributed by atoms with Gasteiger partial charge in [-0.25, -0.2) is 9.97 Å². The van der Waals surface area contributed by atoms with E-state index in [1.165, 1.54) is 0 Å². The number of oxime groups is 1. The van der Waals surface area contributed by atoms with Crippen LogP contribution in [0.25, 0.3) is 11.2 Å². The molecule has 1 saturated heterocycles. The van der Waals surface area contributed by atoms with Crippen molar-refractivity contribution in [1.82, 2.24) is 14.5 Å². The predicted octanol–water partition coefficient (Wildman–Crippen LogP) is 0.315. The number of hydrogen-bond donors (Lipinski definition) is 2. The van der Waals surface area contributed by atoms with Gasteiger partial charge >= 0.3 is 0 Å². The van der Waals surface area contributed by atoms with E-state index in [1.54, 1.807) is 18.5 Å². The van der Waals surface area contributed by atoms with Crippen molar-refractivity contribution in [3.8, 4) is 0 Å². The van der Waals surface area contributed by atoms with Crippen molar-refractivity contribution in [2.45, 2.75) is 19.1 Å². The minimum Gasteiger partial charge on any atom is -0.409 e. The number of rotatable bonds is 3. The normalized spacial score (nSPS) is 20.0. The summed E-state index contributed by atoms with van der Waals surface area (Å²) >= 11 is 0. The van der Waals surface area contributed by atoms with Crippen molar-refractivity contribution in [3.63, 3.8) is 0 Å². The third-order valence-electron chi connectivity index (χ3n) is 3.03. The van der Waals surface area contributed by atoms with Gasteiger partial charge in [0.25, 0.3) is 0 Å². The second kappa shape index (κ2) is 4.26. The second-order valence-electron chi connectivity index (χ2n) is 4.20. The Labute approximate surface area is 103 Å². The molecule has 1 atom stereocenters. The van der Waals surface area contributed by atoms with Gasteiger partial charge < -0.3 is 20.2 Å². The van der Waals surface area contributed by atoms with Crippen LogP contribution in [0.4, 0.5) is 0 Å². The molecule has 7 nitrogen and oxygen atoms in total. The first-order valence-corrected chi connectivity index (χ1v) is 5.69. The summed E-state index contributed by atoms with van der Waals surface area (Å²) in [7, 11) is 0. The molecular weight excluding hydrogens is 234 g/mol. The lowest BCUT2D eigenvalue weighted by Crippen LogP contribution is -2.31. The minimum absolute atomic E-state index is 0.00968. The van der Waals surface area contributed by atoms with E-state index in [0.29, 0.717) is 5.69 Å². The van der Waals surface area contributed by atoms with Crippen LogP contribution in [0.15, 0.2) is 23.6 Å². The summed E-state index contributed by atoms with van der Waals surface area (Å²) in [6.07, 6.45) is 3.02. The number of pyridine rings is 1. The number of nitrogens with two attached hydrogens (primary N) is 1. The van der Waals surface area contributed by atoms with Crippen LogP contribution < -0.4 is 5.73 Å². The first-order chi connectivity index (χ1) is 8.78. The molecule has 0 amide bonds. The maximum Gasteiger partial charge on any atom is 0.188 e. The van der Waals surface area contributed by atoms with Crippen LogP contribution in [-0.2, 0) is 11.3 Å². The van der Waals surface area contributed by atoms with Crippen molar-refractivity contribution in [2.24, 2.45) is 10.9 Å². The summed E-state index contributed by atoms with van der Waals surface area (Å²) < 4.78 is 7.31. The largest absolute Gasteiger partial charge is 0.409 e. The van der Waals surface area contributed by atoms with E-state index < -0.39 is 0 Å². The summed E-state index contributed by atoms with van der Waals surface area (Å²) in [6, 6.07) is 3.47. The van der Waals surface area contributed by atoms with Gasteiger partial charge in [-0.15, -0.1) is 0 Å². The molecule has 18 heavy (non-hydrogen) atoms. The number of hydrogen-bond acceptors (Lipinski definition) is 5. The lowest BCUT2D eigenvalue weighted by atomic mass is 10.2. The zero-order chi connectivity index (χ0) is 12.5. The van der Waals surface area contributed by atoms with Crippen molar-refractivity contribution < 1.29 is 9.94 Å². The van der Waals surface area contributed by atoms with Crippen LogP contribution in [0.5, 0.6) is 0 Å². The van der Waals surface area contributed by atoms with Gasteiger partial charge in [-0.05, 0) is 18.6 Å². The van der Waals surface area contributed by atoms with Crippen LogP contribution in [0.3, 0.4) is 0 Å². The third kappa shape index (κ3) is 1.78. The average molecular weight is 247 g/mol. The van der Waals surface area contributed by atoms with E-state index in [0.717, 1.165) is 30.7 Å². The van der Waals surface area contributed by atoms with E-state index in [1.807, 2.05) is 4.57 Å². The highest BCUT2D eigenvalue weighted by Gasteiger charge is 2.19. The summed E-state index contributed by atoms with van der Waals surface area (Å²) in [6.45, 7) is 1.54. The topological polar surface area (TPSA) is 98.6 Å². The Hall–Kier alpha value is -2.15. The van der Waals surface area contributed by atoms with Gasteiger partial charge in [0.05, 0.1) is 19.0 Å². The van der Waals surface area contributed by atoms with Gasteiger partial charge in [0.15, 0.2) is 11.5 Å². The summed E-state index contributed by atoms with van der Waals surface area (Å²) in [5.74, 6) is -0.00968. The summed E-state index contributed by atoms with van der Waals surface area (Å²) in [4.78, 5) is 8.60. The van der Waals surface area contributed by atoms with Crippen molar-refractivity contribution in [3.05, 3.63) is 24.2 Å². The van der Waals surface area contributed by atoms with E-state index in [9.17, 15) is 0 Å². The highest BCUT2D eigenvalue weighted by molar-refractivity contribution is 5.96. The van der Waals surface area contributed by atoms with Gasteiger partial charge in [0, 0.05) is 6.61 Å². The van der Waals surface area contributed by atoms with Gasteiger partial charge in [-0.3, -0.25) is 0 Å². The molecule has 0 bridgehead atoms. The maximum atomic E-state index is 8.65. The van der Waals surface area contributed by atoms with Crippen molar-refractivity contribution >= 4 is 17.0 Å². The first kappa shape index (κ1) is 11.0. The molecule has 1 aliphatic heterocycles. The number of ether oxygens (including phenoxy) is 1. The molecule has 1 aliphatic rings. The Morgan fingerprint density at radius 1 is 1.61 bits per heavy atom. The molecule has 3 N–H and O–H groups in total. The smallest absolute Gasteiger partial charge is 0.188 e. The first-order valence-electron chi connectivity index (χ1n) is 5.69. The number of nitrogens with zero attached hydrogens (tertiary/aromatic N) is 4. The molecule has 0 aromatic carbocycles. The van der Waals surface area contributed by atoms with Crippen LogP contribution in [-0.4, -0.2) is 38.3 Å². The molecule has 0 saturated carbocycles. The van der Waals surface area contributed by atoms with E-state index in [-0.39, 0.29) is 11.9 Å². The number of fused-ring (bicyclic) bond motifs is 1. The molecule has 3 rings (SSSR count). The number of amidine groups is 1. The Morgan fingerprint density at radius 2 is 2.44 bits per heavy atom. The molecule has 7 heteroatoms. The van der Waals surface area contributed by atoms with Crippen LogP contribution >= 0.6 is 0 Å². The molecule has 0 spiro atoms. The summed E-state index contributed by atoms with van der Waals surface area (Å²) in [5.41, 5.74) is 7.46. The molecule has 2 aromatic heterocycles. The van der Waals surface area contributed by atoms with E-state index in [4.69, 9.17) is 15.7 Å². The lowest BCUT2D eigenvalue weighted by Gasteiger charge is -2.26. The molecule has 94 valence electrons. The van der Waals surface area contributed by atoms with Gasteiger partial charge in [0.2, 0.25) is 0 Å². The maximum absolute atomic E-state index is 8.65. The molecular formula is C11H13N5O2. The molecule has 0 aliphatic carbocycles. The molecule has 3 heterocycles.